The van der Waals surface area contributed by atoms with Crippen molar-refractivity contribution in [3.8, 4) is 10.4 Å². The number of halogens is 2. The summed E-state index contributed by atoms with van der Waals surface area (Å²) in [5, 5.41) is 4.34. The van der Waals surface area contributed by atoms with E-state index in [0.717, 1.165) is 27.6 Å². The van der Waals surface area contributed by atoms with Crippen molar-refractivity contribution in [3.63, 3.8) is 0 Å². The maximum Gasteiger partial charge on any atom is 0.0493 e. The third-order valence-corrected chi connectivity index (χ3v) is 4.94. The summed E-state index contributed by atoms with van der Waals surface area (Å²) >= 11 is 11.6. The van der Waals surface area contributed by atoms with Gasteiger partial charge in [0.1, 0.15) is 0 Å². The van der Waals surface area contributed by atoms with Gasteiger partial charge in [-0.25, -0.2) is 0 Å². The average Bonchev–Trinajstić information content (AvgIpc) is 3.08. The van der Waals surface area contributed by atoms with E-state index in [0.29, 0.717) is 0 Å². The summed E-state index contributed by atoms with van der Waals surface area (Å²) in [6, 6.07) is 11.1. The van der Waals surface area contributed by atoms with E-state index >= 15 is 0 Å². The molecule has 0 spiro atoms. The minimum Gasteiger partial charge on any atom is -0.309 e. The lowest BCUT2D eigenvalue weighted by atomic mass is 10.2. The molecule has 0 aliphatic heterocycles. The molecule has 1 fully saturated rings. The van der Waals surface area contributed by atoms with Gasteiger partial charge in [-0.15, -0.1) is 11.3 Å². The topological polar surface area (TPSA) is 12.0 Å². The van der Waals surface area contributed by atoms with Crippen LogP contribution in [-0.2, 0) is 6.54 Å². The Labute approximate surface area is 124 Å². The van der Waals surface area contributed by atoms with Crippen LogP contribution in [0.3, 0.4) is 0 Å². The van der Waals surface area contributed by atoms with Crippen LogP contribution in [0.1, 0.15) is 17.7 Å². The molecule has 1 aliphatic carbocycles. The average molecular weight is 343 g/mol. The Hall–Kier alpha value is -0.350. The van der Waals surface area contributed by atoms with Crippen LogP contribution in [0.2, 0.25) is 5.02 Å². The highest BCUT2D eigenvalue weighted by Crippen LogP contribution is 2.35. The van der Waals surface area contributed by atoms with E-state index < -0.39 is 0 Å². The summed E-state index contributed by atoms with van der Waals surface area (Å²) in [7, 11) is 0. The number of nitrogens with one attached hydrogen (secondary N) is 1. The zero-order chi connectivity index (χ0) is 12.5. The minimum absolute atomic E-state index is 0.755. The van der Waals surface area contributed by atoms with E-state index in [-0.39, 0.29) is 0 Å². The summed E-state index contributed by atoms with van der Waals surface area (Å²) in [5.74, 6) is 0. The zero-order valence-electron chi connectivity index (χ0n) is 9.75. The fraction of sp³-hybridized carbons (Fsp3) is 0.286. The predicted octanol–water partition coefficient (Wildman–Crippen LogP) is 5.08. The second kappa shape index (κ2) is 5.33. The van der Waals surface area contributed by atoms with E-state index in [1.807, 2.05) is 23.5 Å². The van der Waals surface area contributed by atoms with Crippen LogP contribution in [0.15, 0.2) is 34.8 Å². The first-order chi connectivity index (χ1) is 8.72. The van der Waals surface area contributed by atoms with E-state index in [2.05, 4.69) is 39.4 Å². The fourth-order valence-electron chi connectivity index (χ4n) is 1.84. The maximum absolute atomic E-state index is 6.25. The summed E-state index contributed by atoms with van der Waals surface area (Å²) < 4.78 is 1.06. The Balaban J connectivity index is 1.80. The zero-order valence-corrected chi connectivity index (χ0v) is 12.9. The number of rotatable bonds is 4. The van der Waals surface area contributed by atoms with E-state index in [1.165, 1.54) is 22.6 Å². The third kappa shape index (κ3) is 2.97. The van der Waals surface area contributed by atoms with Gasteiger partial charge in [0.05, 0.1) is 0 Å². The fourth-order valence-corrected chi connectivity index (χ4v) is 3.46. The van der Waals surface area contributed by atoms with Crippen molar-refractivity contribution in [1.82, 2.24) is 5.32 Å². The minimum atomic E-state index is 0.755. The molecular weight excluding hydrogens is 330 g/mol. The molecule has 3 rings (SSSR count). The Morgan fingerprint density at radius 1 is 1.28 bits per heavy atom. The number of benzene rings is 1. The first kappa shape index (κ1) is 12.7. The van der Waals surface area contributed by atoms with Crippen molar-refractivity contribution in [2.75, 3.05) is 0 Å². The van der Waals surface area contributed by atoms with Crippen molar-refractivity contribution in [1.29, 1.82) is 0 Å². The molecule has 2 aromatic rings. The van der Waals surface area contributed by atoms with Gasteiger partial charge in [-0.2, -0.15) is 0 Å². The second-order valence-corrected chi connectivity index (χ2v) is 7.04. The van der Waals surface area contributed by atoms with Gasteiger partial charge < -0.3 is 5.32 Å². The number of hydrogen-bond donors (Lipinski definition) is 1. The molecule has 94 valence electrons. The van der Waals surface area contributed by atoms with E-state index in [1.54, 1.807) is 0 Å². The van der Waals surface area contributed by atoms with E-state index in [9.17, 15) is 0 Å². The van der Waals surface area contributed by atoms with Gasteiger partial charge in [-0.3, -0.25) is 0 Å². The molecule has 0 unspecified atom stereocenters. The predicted molar refractivity (Wildman–Crippen MR) is 82.3 cm³/mol. The quantitative estimate of drug-likeness (QED) is 0.816. The standard InChI is InChI=1S/C14H13BrClNS/c15-9-1-5-13(16)12(7-9)14-6-4-11(18-14)8-17-10-2-3-10/h1,4-7,10,17H,2-3,8H2. The Morgan fingerprint density at radius 3 is 2.89 bits per heavy atom. The van der Waals surface area contributed by atoms with Crippen molar-refractivity contribution in [2.24, 2.45) is 0 Å². The molecule has 4 heteroatoms. The van der Waals surface area contributed by atoms with Crippen LogP contribution < -0.4 is 5.32 Å². The first-order valence-electron chi connectivity index (χ1n) is 6.00. The lowest BCUT2D eigenvalue weighted by Gasteiger charge is -2.02. The Kier molecular flexibility index (Phi) is 3.76. The molecule has 0 radical (unpaired) electrons. The smallest absolute Gasteiger partial charge is 0.0493 e. The number of hydrogen-bond acceptors (Lipinski definition) is 2. The first-order valence-corrected chi connectivity index (χ1v) is 7.98. The molecule has 1 saturated carbocycles. The van der Waals surface area contributed by atoms with Crippen LogP contribution >= 0.6 is 38.9 Å². The summed E-state index contributed by atoms with van der Waals surface area (Å²) in [6.45, 7) is 0.973. The number of thiophene rings is 1. The molecule has 0 bridgehead atoms. The van der Waals surface area contributed by atoms with Crippen molar-refractivity contribution < 1.29 is 0 Å². The molecule has 1 N–H and O–H groups in total. The van der Waals surface area contributed by atoms with Crippen molar-refractivity contribution >= 4 is 38.9 Å². The molecule has 1 aliphatic rings. The lowest BCUT2D eigenvalue weighted by molar-refractivity contribution is 0.695. The van der Waals surface area contributed by atoms with Gasteiger partial charge in [0.15, 0.2) is 0 Å². The van der Waals surface area contributed by atoms with Crippen LogP contribution in [-0.4, -0.2) is 6.04 Å². The van der Waals surface area contributed by atoms with Crippen LogP contribution in [0.5, 0.6) is 0 Å². The second-order valence-electron chi connectivity index (χ2n) is 4.55. The van der Waals surface area contributed by atoms with Gasteiger partial charge in [-0.1, -0.05) is 27.5 Å². The highest BCUT2D eigenvalue weighted by Gasteiger charge is 2.20. The molecule has 1 aromatic heterocycles. The van der Waals surface area contributed by atoms with Gasteiger partial charge in [-0.05, 0) is 43.2 Å². The Morgan fingerprint density at radius 2 is 2.11 bits per heavy atom. The molecule has 1 nitrogen and oxygen atoms in total. The summed E-state index contributed by atoms with van der Waals surface area (Å²) in [6.07, 6.45) is 2.66. The van der Waals surface area contributed by atoms with Gasteiger partial charge >= 0.3 is 0 Å². The van der Waals surface area contributed by atoms with Crippen LogP contribution in [0, 0.1) is 0 Å². The Bertz CT molecular complexity index is 563. The van der Waals surface area contributed by atoms with Crippen molar-refractivity contribution in [3.05, 3.63) is 44.7 Å². The van der Waals surface area contributed by atoms with Gasteiger partial charge in [0, 0.05) is 37.4 Å². The van der Waals surface area contributed by atoms with E-state index in [4.69, 9.17) is 11.6 Å². The summed E-state index contributed by atoms with van der Waals surface area (Å²) in [5.41, 5.74) is 1.11. The maximum atomic E-state index is 6.25. The summed E-state index contributed by atoms with van der Waals surface area (Å²) in [4.78, 5) is 2.60. The van der Waals surface area contributed by atoms with Crippen LogP contribution in [0.4, 0.5) is 0 Å². The molecular formula is C14H13BrClNS. The van der Waals surface area contributed by atoms with Crippen LogP contribution in [0.25, 0.3) is 10.4 Å². The highest BCUT2D eigenvalue weighted by atomic mass is 79.9. The SMILES string of the molecule is Clc1ccc(Br)cc1-c1ccc(CNC2CC2)s1. The molecule has 0 atom stereocenters. The monoisotopic (exact) mass is 341 g/mol. The lowest BCUT2D eigenvalue weighted by Crippen LogP contribution is -2.14. The normalized spacial score (nSPS) is 15.0. The highest BCUT2D eigenvalue weighted by molar-refractivity contribution is 9.10. The third-order valence-electron chi connectivity index (χ3n) is 3.00. The molecule has 1 aromatic carbocycles. The molecule has 18 heavy (non-hydrogen) atoms. The molecule has 1 heterocycles. The van der Waals surface area contributed by atoms with Gasteiger partial charge in [0.25, 0.3) is 0 Å². The molecule has 0 amide bonds. The van der Waals surface area contributed by atoms with Gasteiger partial charge in [0.2, 0.25) is 0 Å². The largest absolute Gasteiger partial charge is 0.309 e. The van der Waals surface area contributed by atoms with Crippen molar-refractivity contribution in [2.45, 2.75) is 25.4 Å². The molecule has 0 saturated heterocycles.